The van der Waals surface area contributed by atoms with E-state index < -0.39 is 10.5 Å². The van der Waals surface area contributed by atoms with Crippen LogP contribution in [0.5, 0.6) is 0 Å². The second-order valence-electron chi connectivity index (χ2n) is 5.21. The van der Waals surface area contributed by atoms with Crippen LogP contribution in [0.4, 0.5) is 5.69 Å². The van der Waals surface area contributed by atoms with Crippen molar-refractivity contribution in [2.24, 2.45) is 0 Å². The van der Waals surface area contributed by atoms with Crippen molar-refractivity contribution >= 4 is 51.4 Å². The Bertz CT molecular complexity index is 1180. The Labute approximate surface area is 156 Å². The zero-order valence-corrected chi connectivity index (χ0v) is 14.4. The minimum atomic E-state index is -0.572. The highest BCUT2D eigenvalue weighted by atomic mass is 35.5. The van der Waals surface area contributed by atoms with Crippen LogP contribution in [-0.2, 0) is 0 Å². The Hall–Kier alpha value is -3.21. The Morgan fingerprint density at radius 2 is 2.04 bits per heavy atom. The molecule has 128 valence electrons. The molecule has 1 N–H and O–H groups in total. The predicted octanol–water partition coefficient (Wildman–Crippen LogP) is 4.20. The summed E-state index contributed by atoms with van der Waals surface area (Å²) < 4.78 is 0. The van der Waals surface area contributed by atoms with E-state index >= 15 is 0 Å². The molecule has 7 nitrogen and oxygen atoms in total. The molecule has 1 heterocycles. The van der Waals surface area contributed by atoms with Crippen molar-refractivity contribution < 1.29 is 4.92 Å². The molecule has 0 atom stereocenters. The smallest absolute Gasteiger partial charge is 0.270 e. The van der Waals surface area contributed by atoms with E-state index in [0.29, 0.717) is 15.9 Å². The lowest BCUT2D eigenvalue weighted by Crippen LogP contribution is -2.11. The summed E-state index contributed by atoms with van der Waals surface area (Å²) in [7, 11) is 0. The monoisotopic (exact) mass is 386 g/mol. The first-order valence-electron chi connectivity index (χ1n) is 7.15. The van der Waals surface area contributed by atoms with E-state index in [4.69, 9.17) is 23.2 Å². The Balaban J connectivity index is 2.18. The van der Waals surface area contributed by atoms with Crippen molar-refractivity contribution in [3.63, 3.8) is 0 Å². The van der Waals surface area contributed by atoms with Crippen molar-refractivity contribution in [3.8, 4) is 6.07 Å². The van der Waals surface area contributed by atoms with E-state index in [2.05, 4.69) is 9.97 Å². The minimum absolute atomic E-state index is 0.00799. The number of hydrogen-bond acceptors (Lipinski definition) is 5. The largest absolute Gasteiger partial charge is 0.305 e. The molecule has 9 heteroatoms. The van der Waals surface area contributed by atoms with Gasteiger partial charge in [-0.05, 0) is 30.3 Å². The number of halogens is 2. The third-order valence-electron chi connectivity index (χ3n) is 3.53. The van der Waals surface area contributed by atoms with Crippen molar-refractivity contribution in [2.45, 2.75) is 0 Å². The van der Waals surface area contributed by atoms with Gasteiger partial charge in [-0.2, -0.15) is 5.26 Å². The first-order valence-corrected chi connectivity index (χ1v) is 7.90. The van der Waals surface area contributed by atoms with Gasteiger partial charge in [0, 0.05) is 27.7 Å². The molecule has 0 saturated heterocycles. The minimum Gasteiger partial charge on any atom is -0.305 e. The van der Waals surface area contributed by atoms with Gasteiger partial charge in [0.1, 0.15) is 6.07 Å². The van der Waals surface area contributed by atoms with Gasteiger partial charge in [-0.3, -0.25) is 14.9 Å². The van der Waals surface area contributed by atoms with Crippen molar-refractivity contribution in [2.75, 3.05) is 0 Å². The number of benzene rings is 2. The van der Waals surface area contributed by atoms with Crippen LogP contribution in [0, 0.1) is 21.4 Å². The molecule has 0 bridgehead atoms. The molecule has 26 heavy (non-hydrogen) atoms. The number of non-ortho nitro benzene ring substituents is 1. The lowest BCUT2D eigenvalue weighted by molar-refractivity contribution is -0.384. The second-order valence-corrected chi connectivity index (χ2v) is 6.05. The molecule has 0 radical (unpaired) electrons. The van der Waals surface area contributed by atoms with Gasteiger partial charge in [0.2, 0.25) is 0 Å². The number of allylic oxidation sites excluding steroid dienone is 1. The van der Waals surface area contributed by atoms with Gasteiger partial charge in [-0.1, -0.05) is 23.2 Å². The zero-order chi connectivity index (χ0) is 18.8. The summed E-state index contributed by atoms with van der Waals surface area (Å²) in [5.74, 6) is 0.00911. The van der Waals surface area contributed by atoms with Crippen LogP contribution < -0.4 is 5.56 Å². The average molecular weight is 387 g/mol. The maximum absolute atomic E-state index is 12.2. The van der Waals surface area contributed by atoms with Crippen LogP contribution in [0.25, 0.3) is 22.6 Å². The highest BCUT2D eigenvalue weighted by Gasteiger charge is 2.12. The van der Waals surface area contributed by atoms with E-state index in [9.17, 15) is 20.2 Å². The second kappa shape index (κ2) is 6.96. The number of aromatic amines is 1. The normalized spacial score (nSPS) is 11.3. The number of nitro benzene ring substituents is 1. The van der Waals surface area contributed by atoms with Crippen LogP contribution in [0.1, 0.15) is 11.4 Å². The molecule has 0 aliphatic rings. The molecule has 0 amide bonds. The SMILES string of the molecule is N#C/C(=C\c1cc([N+](=O)[O-])ccc1Cl)c1nc2cc(Cl)ccc2c(=O)[nH]1. The third-order valence-corrected chi connectivity index (χ3v) is 4.11. The van der Waals surface area contributed by atoms with E-state index in [-0.39, 0.29) is 27.7 Å². The summed E-state index contributed by atoms with van der Waals surface area (Å²) >= 11 is 12.0. The number of rotatable bonds is 3. The Kier molecular flexibility index (Phi) is 4.71. The topological polar surface area (TPSA) is 113 Å². The van der Waals surface area contributed by atoms with E-state index in [1.165, 1.54) is 36.4 Å². The molecule has 1 aromatic heterocycles. The molecule has 0 spiro atoms. The number of nitro groups is 1. The number of H-pyrrole nitrogens is 1. The molecule has 0 unspecified atom stereocenters. The molecule has 0 fully saturated rings. The molecule has 0 saturated carbocycles. The van der Waals surface area contributed by atoms with Crippen LogP contribution >= 0.6 is 23.2 Å². The van der Waals surface area contributed by atoms with Crippen LogP contribution in [0.15, 0.2) is 41.2 Å². The molecule has 0 aliphatic heterocycles. The summed E-state index contributed by atoms with van der Waals surface area (Å²) in [4.78, 5) is 29.3. The van der Waals surface area contributed by atoms with Crippen molar-refractivity contribution in [3.05, 3.63) is 78.3 Å². The summed E-state index contributed by atoms with van der Waals surface area (Å²) in [6.07, 6.45) is 1.32. The van der Waals surface area contributed by atoms with E-state index in [0.717, 1.165) is 0 Å². The van der Waals surface area contributed by atoms with Crippen LogP contribution in [0.3, 0.4) is 0 Å². The molecular weight excluding hydrogens is 379 g/mol. The summed E-state index contributed by atoms with van der Waals surface area (Å²) in [5, 5.41) is 21.3. The van der Waals surface area contributed by atoms with Gasteiger partial charge >= 0.3 is 0 Å². The molecule has 3 aromatic rings. The predicted molar refractivity (Wildman–Crippen MR) is 99.0 cm³/mol. The number of hydrogen-bond donors (Lipinski definition) is 1. The van der Waals surface area contributed by atoms with Gasteiger partial charge in [0.05, 0.1) is 21.4 Å². The number of aromatic nitrogens is 2. The van der Waals surface area contributed by atoms with Crippen LogP contribution in [-0.4, -0.2) is 14.9 Å². The molecule has 3 rings (SSSR count). The summed E-state index contributed by atoms with van der Waals surface area (Å²) in [6, 6.07) is 10.4. The van der Waals surface area contributed by atoms with E-state index in [1.54, 1.807) is 6.07 Å². The standard InChI is InChI=1S/C17H8Cl2N4O3/c18-11-1-3-13-15(7-11)21-16(22-17(13)24)10(8-20)5-9-6-12(23(25)26)2-4-14(9)19/h1-7H,(H,21,22,24)/b10-5+. The molecule has 0 aliphatic carbocycles. The third kappa shape index (κ3) is 3.42. The fraction of sp³-hybridized carbons (Fsp3) is 0. The molecular formula is C17H8Cl2N4O3. The number of nitriles is 1. The van der Waals surface area contributed by atoms with E-state index in [1.807, 2.05) is 6.07 Å². The van der Waals surface area contributed by atoms with Crippen molar-refractivity contribution in [1.29, 1.82) is 5.26 Å². The fourth-order valence-electron chi connectivity index (χ4n) is 2.30. The number of nitrogens with one attached hydrogen (secondary N) is 1. The van der Waals surface area contributed by atoms with Gasteiger partial charge in [-0.25, -0.2) is 4.98 Å². The zero-order valence-electron chi connectivity index (χ0n) is 12.9. The highest BCUT2D eigenvalue weighted by molar-refractivity contribution is 6.32. The quantitative estimate of drug-likeness (QED) is 0.411. The average Bonchev–Trinajstić information content (AvgIpc) is 2.60. The maximum atomic E-state index is 12.2. The Morgan fingerprint density at radius 3 is 2.73 bits per heavy atom. The van der Waals surface area contributed by atoms with Gasteiger partial charge in [0.25, 0.3) is 11.2 Å². The first kappa shape index (κ1) is 17.6. The number of fused-ring (bicyclic) bond motifs is 1. The van der Waals surface area contributed by atoms with Crippen molar-refractivity contribution in [1.82, 2.24) is 9.97 Å². The highest BCUT2D eigenvalue weighted by Crippen LogP contribution is 2.26. The lowest BCUT2D eigenvalue weighted by Gasteiger charge is -2.04. The number of nitrogens with zero attached hydrogens (tertiary/aromatic N) is 3. The molecule has 2 aromatic carbocycles. The summed E-state index contributed by atoms with van der Waals surface area (Å²) in [5.41, 5.74) is -0.0437. The van der Waals surface area contributed by atoms with Gasteiger partial charge in [0.15, 0.2) is 5.82 Å². The Morgan fingerprint density at radius 1 is 1.27 bits per heavy atom. The van der Waals surface area contributed by atoms with Gasteiger partial charge in [-0.15, -0.1) is 0 Å². The van der Waals surface area contributed by atoms with Crippen LogP contribution in [0.2, 0.25) is 10.0 Å². The lowest BCUT2D eigenvalue weighted by atomic mass is 10.1. The summed E-state index contributed by atoms with van der Waals surface area (Å²) in [6.45, 7) is 0. The van der Waals surface area contributed by atoms with Gasteiger partial charge < -0.3 is 4.98 Å². The maximum Gasteiger partial charge on any atom is 0.270 e. The fourth-order valence-corrected chi connectivity index (χ4v) is 2.64. The first-order chi connectivity index (χ1) is 12.4.